The first-order valence-corrected chi connectivity index (χ1v) is 11.2. The van der Waals surface area contributed by atoms with Crippen LogP contribution in [-0.4, -0.2) is 36.4 Å². The first-order valence-electron chi connectivity index (χ1n) is 10.8. The minimum absolute atomic E-state index is 0.213. The number of fused-ring (bicyclic) bond motifs is 1. The summed E-state index contributed by atoms with van der Waals surface area (Å²) < 4.78 is 5.27. The lowest BCUT2D eigenvalue weighted by molar-refractivity contribution is 0.0972. The van der Waals surface area contributed by atoms with E-state index in [0.717, 1.165) is 55.5 Å². The van der Waals surface area contributed by atoms with E-state index in [0.29, 0.717) is 17.0 Å². The van der Waals surface area contributed by atoms with Crippen LogP contribution in [0.1, 0.15) is 41.6 Å². The lowest BCUT2D eigenvalue weighted by Gasteiger charge is -2.33. The van der Waals surface area contributed by atoms with Gasteiger partial charge in [0.1, 0.15) is 5.58 Å². The van der Waals surface area contributed by atoms with Crippen LogP contribution in [0.5, 0.6) is 0 Å². The van der Waals surface area contributed by atoms with Gasteiger partial charge in [0.2, 0.25) is 0 Å². The molecular weight excluding hydrogens is 412 g/mol. The first kappa shape index (κ1) is 21.6. The number of ketones is 1. The molecule has 31 heavy (non-hydrogen) atoms. The number of hydrogen-bond donors (Lipinski definition) is 1. The normalized spacial score (nSPS) is 15.3. The monoisotopic (exact) mass is 438 g/mol. The molecule has 4 rings (SSSR count). The fourth-order valence-electron chi connectivity index (χ4n) is 4.12. The zero-order valence-electron chi connectivity index (χ0n) is 17.7. The average molecular weight is 439 g/mol. The summed E-state index contributed by atoms with van der Waals surface area (Å²) in [6, 6.07) is 14.9. The number of halogens is 1. The highest BCUT2D eigenvalue weighted by molar-refractivity contribution is 6.31. The average Bonchev–Trinajstić information content (AvgIpc) is 2.76. The van der Waals surface area contributed by atoms with Crippen molar-refractivity contribution in [1.82, 2.24) is 4.90 Å². The van der Waals surface area contributed by atoms with Gasteiger partial charge in [-0.2, -0.15) is 0 Å². The molecule has 0 radical (unpaired) electrons. The van der Waals surface area contributed by atoms with E-state index >= 15 is 0 Å². The maximum Gasteiger partial charge on any atom is 0.338 e. The molecule has 0 atom stereocenters. The van der Waals surface area contributed by atoms with Crippen LogP contribution >= 0.6 is 11.6 Å². The maximum absolute atomic E-state index is 12.3. The second-order valence-electron chi connectivity index (χ2n) is 8.27. The van der Waals surface area contributed by atoms with Gasteiger partial charge in [0.05, 0.1) is 5.69 Å². The van der Waals surface area contributed by atoms with Crippen molar-refractivity contribution in [2.75, 3.05) is 25.0 Å². The number of aryl methyl sites for hydroxylation is 1. The molecule has 1 aliphatic heterocycles. The maximum atomic E-state index is 12.3. The third kappa shape index (κ3) is 5.54. The molecule has 162 valence electrons. The summed E-state index contributed by atoms with van der Waals surface area (Å²) >= 11 is 6.13. The molecular formula is C25H27ClN2O3. The van der Waals surface area contributed by atoms with E-state index in [1.54, 1.807) is 12.1 Å². The Labute approximate surface area is 187 Å². The molecule has 1 N–H and O–H groups in total. The number of hydrogen-bond acceptors (Lipinski definition) is 5. The number of benzene rings is 2. The van der Waals surface area contributed by atoms with Gasteiger partial charge in [0.25, 0.3) is 0 Å². The molecule has 1 aromatic heterocycles. The molecule has 0 bridgehead atoms. The minimum atomic E-state index is -0.368. The van der Waals surface area contributed by atoms with Gasteiger partial charge in [0, 0.05) is 47.6 Å². The van der Waals surface area contributed by atoms with Gasteiger partial charge in [-0.3, -0.25) is 4.79 Å². The van der Waals surface area contributed by atoms with Crippen LogP contribution in [0.2, 0.25) is 5.02 Å². The van der Waals surface area contributed by atoms with Crippen molar-refractivity contribution >= 4 is 34.0 Å². The third-order valence-electron chi connectivity index (χ3n) is 5.90. The molecule has 2 heterocycles. The Kier molecular flexibility index (Phi) is 6.73. The van der Waals surface area contributed by atoms with E-state index in [1.807, 2.05) is 37.3 Å². The predicted octanol–water partition coefficient (Wildman–Crippen LogP) is 5.29. The first-order chi connectivity index (χ1) is 15.0. The molecule has 0 spiro atoms. The molecule has 3 aromatic rings. The van der Waals surface area contributed by atoms with E-state index in [2.05, 4.69) is 10.2 Å². The Morgan fingerprint density at radius 2 is 1.87 bits per heavy atom. The smallest absolute Gasteiger partial charge is 0.338 e. The molecule has 1 saturated heterocycles. The number of carbonyl (C=O) groups is 1. The van der Waals surface area contributed by atoms with Crippen LogP contribution in [0.4, 0.5) is 5.69 Å². The molecule has 6 heteroatoms. The van der Waals surface area contributed by atoms with Crippen molar-refractivity contribution in [3.05, 3.63) is 75.1 Å². The Hall–Kier alpha value is -2.63. The Balaban J connectivity index is 1.27. The van der Waals surface area contributed by atoms with Gasteiger partial charge in [-0.15, -0.1) is 0 Å². The molecule has 0 aliphatic carbocycles. The zero-order valence-corrected chi connectivity index (χ0v) is 18.5. The topological polar surface area (TPSA) is 62.6 Å². The summed E-state index contributed by atoms with van der Waals surface area (Å²) in [6.07, 6.45) is 3.41. The van der Waals surface area contributed by atoms with Gasteiger partial charge in [0.15, 0.2) is 5.78 Å². The number of anilines is 1. The van der Waals surface area contributed by atoms with E-state index in [1.165, 1.54) is 11.6 Å². The number of nitrogens with one attached hydrogen (secondary N) is 1. The van der Waals surface area contributed by atoms with Gasteiger partial charge in [-0.25, -0.2) is 4.79 Å². The molecule has 2 aromatic carbocycles. The summed E-state index contributed by atoms with van der Waals surface area (Å²) in [5.41, 5.74) is 2.91. The van der Waals surface area contributed by atoms with E-state index in [4.69, 9.17) is 16.0 Å². The number of nitrogens with zero attached hydrogens (tertiary/aromatic N) is 1. The van der Waals surface area contributed by atoms with Crippen LogP contribution in [-0.2, 0) is 0 Å². The SMILES string of the molecule is Cc1ccc(C(=O)CCCN2CCC(Nc3cc(=O)oc4ccc(Cl)cc34)CC2)cc1. The summed E-state index contributed by atoms with van der Waals surface area (Å²) in [5.74, 6) is 0.213. The second-order valence-corrected chi connectivity index (χ2v) is 8.71. The summed E-state index contributed by atoms with van der Waals surface area (Å²) in [6.45, 7) is 4.89. The van der Waals surface area contributed by atoms with Gasteiger partial charge < -0.3 is 14.6 Å². The highest BCUT2D eigenvalue weighted by Crippen LogP contribution is 2.27. The second kappa shape index (κ2) is 9.67. The highest BCUT2D eigenvalue weighted by Gasteiger charge is 2.20. The summed E-state index contributed by atoms with van der Waals surface area (Å²) in [4.78, 5) is 26.7. The lowest BCUT2D eigenvalue weighted by Crippen LogP contribution is -2.39. The lowest BCUT2D eigenvalue weighted by atomic mass is 10.0. The van der Waals surface area contributed by atoms with Gasteiger partial charge >= 0.3 is 5.63 Å². The van der Waals surface area contributed by atoms with E-state index in [9.17, 15) is 9.59 Å². The van der Waals surface area contributed by atoms with Crippen molar-refractivity contribution in [1.29, 1.82) is 0 Å². The summed E-state index contributed by atoms with van der Waals surface area (Å²) in [5, 5.41) is 4.95. The highest BCUT2D eigenvalue weighted by atomic mass is 35.5. The van der Waals surface area contributed by atoms with Crippen molar-refractivity contribution < 1.29 is 9.21 Å². The molecule has 5 nitrogen and oxygen atoms in total. The van der Waals surface area contributed by atoms with Crippen LogP contribution in [0.15, 0.2) is 57.7 Å². The Bertz CT molecular complexity index is 1120. The van der Waals surface area contributed by atoms with Crippen molar-refractivity contribution in [2.45, 2.75) is 38.6 Å². The number of piperidine rings is 1. The van der Waals surface area contributed by atoms with Gasteiger partial charge in [-0.05, 0) is 50.9 Å². The Morgan fingerprint density at radius 1 is 1.13 bits per heavy atom. The third-order valence-corrected chi connectivity index (χ3v) is 6.14. The number of likely N-dealkylation sites (tertiary alicyclic amines) is 1. The predicted molar refractivity (Wildman–Crippen MR) is 125 cm³/mol. The van der Waals surface area contributed by atoms with Crippen molar-refractivity contribution in [3.8, 4) is 0 Å². The fraction of sp³-hybridized carbons (Fsp3) is 0.360. The quantitative estimate of drug-likeness (QED) is 0.401. The number of rotatable bonds is 7. The van der Waals surface area contributed by atoms with E-state index < -0.39 is 0 Å². The molecule has 0 amide bonds. The summed E-state index contributed by atoms with van der Waals surface area (Å²) in [7, 11) is 0. The van der Waals surface area contributed by atoms with Crippen LogP contribution < -0.4 is 10.9 Å². The number of Topliss-reactive ketones (excluding diaryl/α,β-unsaturated/α-hetero) is 1. The van der Waals surface area contributed by atoms with Crippen LogP contribution in [0.25, 0.3) is 11.0 Å². The van der Waals surface area contributed by atoms with E-state index in [-0.39, 0.29) is 17.5 Å². The molecule has 1 fully saturated rings. The van der Waals surface area contributed by atoms with Crippen LogP contribution in [0, 0.1) is 6.92 Å². The largest absolute Gasteiger partial charge is 0.423 e. The van der Waals surface area contributed by atoms with Gasteiger partial charge in [-0.1, -0.05) is 41.4 Å². The standard InChI is InChI=1S/C25H27ClN2O3/c1-17-4-6-18(7-5-17)23(29)3-2-12-28-13-10-20(11-14-28)27-22-16-25(30)31-24-9-8-19(26)15-21(22)24/h4-9,15-16,20,27H,2-3,10-14H2,1H3. The van der Waals surface area contributed by atoms with Crippen molar-refractivity contribution in [2.24, 2.45) is 0 Å². The van der Waals surface area contributed by atoms with Crippen LogP contribution in [0.3, 0.4) is 0 Å². The minimum Gasteiger partial charge on any atom is -0.423 e. The number of carbonyl (C=O) groups excluding carboxylic acids is 1. The molecule has 0 saturated carbocycles. The molecule has 1 aliphatic rings. The fourth-order valence-corrected chi connectivity index (χ4v) is 4.29. The van der Waals surface area contributed by atoms with Crippen molar-refractivity contribution in [3.63, 3.8) is 0 Å². The Morgan fingerprint density at radius 3 is 2.61 bits per heavy atom. The molecule has 0 unspecified atom stereocenters. The zero-order chi connectivity index (χ0) is 21.8.